The lowest BCUT2D eigenvalue weighted by molar-refractivity contribution is 0.228. The van der Waals surface area contributed by atoms with Gasteiger partial charge in [-0.05, 0) is 38.8 Å². The number of hydrogen-bond acceptors (Lipinski definition) is 4. The number of nitrogens with one attached hydrogen (secondary N) is 2. The molecule has 7 nitrogen and oxygen atoms in total. The Labute approximate surface area is 156 Å². The van der Waals surface area contributed by atoms with Gasteiger partial charge in [-0.15, -0.1) is 0 Å². The SMILES string of the molecule is CCNC(=NCC(C)Oc1ccccc1C)NCCN1CCCS1(=O)=O. The molecule has 1 aromatic carbocycles. The van der Waals surface area contributed by atoms with Crippen molar-refractivity contribution >= 4 is 16.0 Å². The highest BCUT2D eigenvalue weighted by Crippen LogP contribution is 2.17. The van der Waals surface area contributed by atoms with Crippen molar-refractivity contribution in [2.45, 2.75) is 33.3 Å². The number of guanidine groups is 1. The largest absolute Gasteiger partial charge is 0.489 e. The second-order valence-corrected chi connectivity index (χ2v) is 8.50. The minimum absolute atomic E-state index is 0.0643. The van der Waals surface area contributed by atoms with Gasteiger partial charge >= 0.3 is 0 Å². The number of aryl methyl sites for hydroxylation is 1. The summed E-state index contributed by atoms with van der Waals surface area (Å²) in [4.78, 5) is 4.54. The third kappa shape index (κ3) is 6.17. The molecule has 1 unspecified atom stereocenters. The molecule has 1 saturated heterocycles. The Morgan fingerprint density at radius 1 is 1.35 bits per heavy atom. The van der Waals surface area contributed by atoms with Crippen LogP contribution in [0.25, 0.3) is 0 Å². The Morgan fingerprint density at radius 2 is 2.12 bits per heavy atom. The minimum Gasteiger partial charge on any atom is -0.489 e. The Morgan fingerprint density at radius 3 is 2.77 bits per heavy atom. The standard InChI is InChI=1S/C18H30N4O3S/c1-4-19-18(20-10-12-22-11-7-13-26(22,23)24)21-14-16(3)25-17-9-6-5-8-15(17)2/h5-6,8-9,16H,4,7,10-14H2,1-3H3,(H2,19,20,21). The molecule has 0 aromatic heterocycles. The van der Waals surface area contributed by atoms with Crippen molar-refractivity contribution in [3.8, 4) is 5.75 Å². The van der Waals surface area contributed by atoms with Gasteiger partial charge in [-0.2, -0.15) is 0 Å². The van der Waals surface area contributed by atoms with Crippen LogP contribution in [0.15, 0.2) is 29.3 Å². The predicted octanol–water partition coefficient (Wildman–Crippen LogP) is 1.35. The van der Waals surface area contributed by atoms with Gasteiger partial charge in [0, 0.05) is 26.2 Å². The molecule has 1 aromatic rings. The van der Waals surface area contributed by atoms with Gasteiger partial charge in [0.05, 0.1) is 12.3 Å². The lowest BCUT2D eigenvalue weighted by Gasteiger charge is -2.18. The molecule has 26 heavy (non-hydrogen) atoms. The lowest BCUT2D eigenvalue weighted by atomic mass is 10.2. The van der Waals surface area contributed by atoms with Crippen LogP contribution >= 0.6 is 0 Å². The van der Waals surface area contributed by atoms with E-state index in [-0.39, 0.29) is 11.9 Å². The molecule has 1 heterocycles. The molecule has 0 saturated carbocycles. The van der Waals surface area contributed by atoms with E-state index < -0.39 is 10.0 Å². The molecule has 2 rings (SSSR count). The number of sulfonamides is 1. The zero-order valence-corrected chi connectivity index (χ0v) is 16.7. The number of hydrogen-bond donors (Lipinski definition) is 2. The number of para-hydroxylation sites is 1. The predicted molar refractivity (Wildman–Crippen MR) is 105 cm³/mol. The number of ether oxygens (including phenoxy) is 1. The van der Waals surface area contributed by atoms with E-state index >= 15 is 0 Å². The van der Waals surface area contributed by atoms with Crippen molar-refractivity contribution in [1.29, 1.82) is 0 Å². The fraction of sp³-hybridized carbons (Fsp3) is 0.611. The number of benzene rings is 1. The highest BCUT2D eigenvalue weighted by molar-refractivity contribution is 7.89. The van der Waals surface area contributed by atoms with Gasteiger partial charge in [-0.3, -0.25) is 0 Å². The molecule has 1 fully saturated rings. The summed E-state index contributed by atoms with van der Waals surface area (Å²) in [5.74, 6) is 1.80. The van der Waals surface area contributed by atoms with E-state index in [0.29, 0.717) is 38.6 Å². The van der Waals surface area contributed by atoms with Crippen molar-refractivity contribution in [1.82, 2.24) is 14.9 Å². The van der Waals surface area contributed by atoms with Gasteiger partial charge in [0.15, 0.2) is 5.96 Å². The first-order valence-corrected chi connectivity index (χ1v) is 10.8. The highest BCUT2D eigenvalue weighted by Gasteiger charge is 2.27. The average molecular weight is 383 g/mol. The quantitative estimate of drug-likeness (QED) is 0.524. The van der Waals surface area contributed by atoms with Gasteiger partial charge in [-0.25, -0.2) is 17.7 Å². The van der Waals surface area contributed by atoms with E-state index in [1.807, 2.05) is 45.0 Å². The van der Waals surface area contributed by atoms with Crippen molar-refractivity contribution in [3.05, 3.63) is 29.8 Å². The second-order valence-electron chi connectivity index (χ2n) is 6.41. The fourth-order valence-electron chi connectivity index (χ4n) is 2.75. The zero-order chi connectivity index (χ0) is 19.0. The summed E-state index contributed by atoms with van der Waals surface area (Å²) in [6.45, 7) is 8.83. The summed E-state index contributed by atoms with van der Waals surface area (Å²) in [5.41, 5.74) is 1.10. The first-order chi connectivity index (χ1) is 12.4. The Bertz CT molecular complexity index is 706. The number of rotatable bonds is 8. The van der Waals surface area contributed by atoms with Crippen LogP contribution in [-0.2, 0) is 10.0 Å². The molecule has 0 radical (unpaired) electrons. The molecular formula is C18H30N4O3S. The van der Waals surface area contributed by atoms with Crippen molar-refractivity contribution in [2.75, 3.05) is 38.5 Å². The molecule has 146 valence electrons. The van der Waals surface area contributed by atoms with E-state index in [9.17, 15) is 8.42 Å². The first kappa shape index (κ1) is 20.5. The third-order valence-electron chi connectivity index (χ3n) is 4.13. The summed E-state index contributed by atoms with van der Waals surface area (Å²) in [7, 11) is -3.05. The zero-order valence-electron chi connectivity index (χ0n) is 15.9. The third-order valence-corrected chi connectivity index (χ3v) is 6.09. The molecule has 0 amide bonds. The van der Waals surface area contributed by atoms with E-state index in [1.54, 1.807) is 0 Å². The monoisotopic (exact) mass is 382 g/mol. The summed E-state index contributed by atoms with van der Waals surface area (Å²) < 4.78 is 31.1. The summed E-state index contributed by atoms with van der Waals surface area (Å²) >= 11 is 0. The van der Waals surface area contributed by atoms with Gasteiger partial charge in [0.2, 0.25) is 10.0 Å². The van der Waals surface area contributed by atoms with Crippen LogP contribution in [0.3, 0.4) is 0 Å². The van der Waals surface area contributed by atoms with Gasteiger partial charge in [-0.1, -0.05) is 18.2 Å². The van der Waals surface area contributed by atoms with Crippen LogP contribution in [0, 0.1) is 6.92 Å². The number of nitrogens with zero attached hydrogens (tertiary/aromatic N) is 2. The number of aliphatic imine (C=N–C) groups is 1. The fourth-order valence-corrected chi connectivity index (χ4v) is 4.27. The maximum Gasteiger partial charge on any atom is 0.214 e. The molecule has 8 heteroatoms. The molecule has 2 N–H and O–H groups in total. The lowest BCUT2D eigenvalue weighted by Crippen LogP contribution is -2.42. The smallest absolute Gasteiger partial charge is 0.214 e. The van der Waals surface area contributed by atoms with E-state index in [1.165, 1.54) is 4.31 Å². The Kier molecular flexibility index (Phi) is 7.71. The van der Waals surface area contributed by atoms with Crippen LogP contribution in [0.2, 0.25) is 0 Å². The van der Waals surface area contributed by atoms with Gasteiger partial charge < -0.3 is 15.4 Å². The normalized spacial score (nSPS) is 18.5. The van der Waals surface area contributed by atoms with E-state index in [2.05, 4.69) is 15.6 Å². The average Bonchev–Trinajstić information content (AvgIpc) is 2.93. The van der Waals surface area contributed by atoms with Crippen molar-refractivity contribution in [3.63, 3.8) is 0 Å². The first-order valence-electron chi connectivity index (χ1n) is 9.14. The second kappa shape index (κ2) is 9.78. The Balaban J connectivity index is 1.82. The van der Waals surface area contributed by atoms with Crippen LogP contribution < -0.4 is 15.4 Å². The van der Waals surface area contributed by atoms with Crippen molar-refractivity contribution in [2.24, 2.45) is 4.99 Å². The molecule has 0 spiro atoms. The maximum absolute atomic E-state index is 11.8. The van der Waals surface area contributed by atoms with Crippen LogP contribution in [-0.4, -0.2) is 63.3 Å². The minimum atomic E-state index is -3.05. The van der Waals surface area contributed by atoms with Crippen LogP contribution in [0.1, 0.15) is 25.8 Å². The molecule has 1 aliphatic rings. The van der Waals surface area contributed by atoms with Gasteiger partial charge in [0.1, 0.15) is 11.9 Å². The molecular weight excluding hydrogens is 352 g/mol. The molecule has 0 bridgehead atoms. The van der Waals surface area contributed by atoms with Gasteiger partial charge in [0.25, 0.3) is 0 Å². The summed E-state index contributed by atoms with van der Waals surface area (Å²) in [6, 6.07) is 7.91. The van der Waals surface area contributed by atoms with Crippen LogP contribution in [0.4, 0.5) is 0 Å². The molecule has 1 aliphatic heterocycles. The summed E-state index contributed by atoms with van der Waals surface area (Å²) in [6.07, 6.45) is 0.648. The van der Waals surface area contributed by atoms with E-state index in [0.717, 1.165) is 17.9 Å². The topological polar surface area (TPSA) is 83.0 Å². The van der Waals surface area contributed by atoms with Crippen LogP contribution in [0.5, 0.6) is 5.75 Å². The van der Waals surface area contributed by atoms with Crippen molar-refractivity contribution < 1.29 is 13.2 Å². The molecule has 1 atom stereocenters. The Hall–Kier alpha value is -1.80. The maximum atomic E-state index is 11.8. The molecule has 0 aliphatic carbocycles. The summed E-state index contributed by atoms with van der Waals surface area (Å²) in [5, 5.41) is 6.37. The van der Waals surface area contributed by atoms with E-state index in [4.69, 9.17) is 4.74 Å². The highest BCUT2D eigenvalue weighted by atomic mass is 32.2.